The Labute approximate surface area is 236 Å². The highest BCUT2D eigenvalue weighted by atomic mass is 35.5. The zero-order chi connectivity index (χ0) is 27.8. The van der Waals surface area contributed by atoms with Crippen LogP contribution in [0.4, 0.5) is 5.69 Å². The second-order valence-electron chi connectivity index (χ2n) is 10.2. The van der Waals surface area contributed by atoms with Crippen LogP contribution in [-0.2, 0) is 9.53 Å². The van der Waals surface area contributed by atoms with Gasteiger partial charge in [-0.1, -0.05) is 32.0 Å². The van der Waals surface area contributed by atoms with Gasteiger partial charge in [0.2, 0.25) is 5.91 Å². The summed E-state index contributed by atoms with van der Waals surface area (Å²) in [5.74, 6) is 1.34. The van der Waals surface area contributed by atoms with Crippen molar-refractivity contribution in [3.63, 3.8) is 0 Å². The number of rotatable bonds is 11. The molecular weight excluding hydrogens is 512 g/mol. The van der Waals surface area contributed by atoms with E-state index in [2.05, 4.69) is 53.3 Å². The van der Waals surface area contributed by atoms with E-state index in [4.69, 9.17) is 21.1 Å². The third kappa shape index (κ3) is 7.43. The molecule has 2 heterocycles. The number of ether oxygens (including phenoxy) is 2. The smallest absolute Gasteiger partial charge is 0.247 e. The summed E-state index contributed by atoms with van der Waals surface area (Å²) in [6.07, 6.45) is 6.95. The summed E-state index contributed by atoms with van der Waals surface area (Å²) in [7, 11) is 1.65. The van der Waals surface area contributed by atoms with E-state index in [-0.39, 0.29) is 17.9 Å². The van der Waals surface area contributed by atoms with Crippen LogP contribution in [0.2, 0.25) is 0 Å². The number of amides is 1. The quantitative estimate of drug-likeness (QED) is 0.236. The zero-order valence-corrected chi connectivity index (χ0v) is 24.1. The number of morpholine rings is 1. The number of nitrogens with one attached hydrogen (secondary N) is 1. The van der Waals surface area contributed by atoms with Crippen LogP contribution in [0.25, 0.3) is 11.8 Å². The first-order valence-corrected chi connectivity index (χ1v) is 14.1. The third-order valence-corrected chi connectivity index (χ3v) is 7.25. The molecule has 1 fully saturated rings. The van der Waals surface area contributed by atoms with Crippen molar-refractivity contribution >= 4 is 29.3 Å². The molecule has 1 atom stereocenters. The lowest BCUT2D eigenvalue weighted by atomic mass is 9.94. The number of imidazole rings is 1. The Bertz CT molecular complexity index is 1260. The first kappa shape index (κ1) is 28.7. The number of benzene rings is 2. The van der Waals surface area contributed by atoms with Crippen LogP contribution in [0, 0.1) is 12.8 Å². The van der Waals surface area contributed by atoms with Crippen LogP contribution in [-0.4, -0.2) is 54.8 Å². The maximum Gasteiger partial charge on any atom is 0.247 e. The average Bonchev–Trinajstić information content (AvgIpc) is 3.40. The minimum atomic E-state index is -0.114. The van der Waals surface area contributed by atoms with Gasteiger partial charge in [-0.25, -0.2) is 4.98 Å². The van der Waals surface area contributed by atoms with Gasteiger partial charge in [-0.3, -0.25) is 4.79 Å². The largest absolute Gasteiger partial charge is 0.495 e. The van der Waals surface area contributed by atoms with E-state index in [1.165, 1.54) is 5.69 Å². The van der Waals surface area contributed by atoms with Crippen LogP contribution < -0.4 is 15.0 Å². The number of nitrogens with zero attached hydrogens (tertiary/aromatic N) is 3. The van der Waals surface area contributed by atoms with Gasteiger partial charge in [-0.05, 0) is 67.2 Å². The summed E-state index contributed by atoms with van der Waals surface area (Å²) in [6, 6.07) is 14.3. The van der Waals surface area contributed by atoms with Crippen molar-refractivity contribution in [2.24, 2.45) is 5.92 Å². The number of carbonyl (C=O) groups is 1. The molecule has 4 rings (SSSR count). The summed E-state index contributed by atoms with van der Waals surface area (Å²) in [5.41, 5.74) is 5.68. The van der Waals surface area contributed by atoms with E-state index in [1.807, 2.05) is 42.0 Å². The fraction of sp³-hybridized carbons (Fsp3) is 0.419. The molecule has 0 saturated carbocycles. The molecule has 2 aromatic carbocycles. The van der Waals surface area contributed by atoms with Gasteiger partial charge >= 0.3 is 0 Å². The van der Waals surface area contributed by atoms with Crippen LogP contribution >= 0.6 is 11.6 Å². The van der Waals surface area contributed by atoms with Gasteiger partial charge in [-0.2, -0.15) is 0 Å². The van der Waals surface area contributed by atoms with Crippen LogP contribution in [0.1, 0.15) is 49.6 Å². The van der Waals surface area contributed by atoms with Crippen molar-refractivity contribution in [2.45, 2.75) is 39.7 Å². The number of alkyl halides is 1. The van der Waals surface area contributed by atoms with Crippen molar-refractivity contribution in [3.05, 3.63) is 77.4 Å². The number of anilines is 1. The minimum Gasteiger partial charge on any atom is -0.495 e. The number of hydrogen-bond acceptors (Lipinski definition) is 5. The Hall–Kier alpha value is -3.29. The SMILES string of the molecule is COc1cc(/C=C(\CCCCl)C(=O)NC(c2ccc(N3CCOCC3)cc2)C(C)C)ccc1-n1cnc(C)c1. The lowest BCUT2D eigenvalue weighted by Gasteiger charge is -2.29. The molecule has 0 aliphatic carbocycles. The highest BCUT2D eigenvalue weighted by Gasteiger charge is 2.21. The number of carbonyl (C=O) groups excluding carboxylic acids is 1. The molecule has 3 aromatic rings. The minimum absolute atomic E-state index is 0.0793. The topological polar surface area (TPSA) is 68.6 Å². The van der Waals surface area contributed by atoms with Gasteiger partial charge in [-0.15, -0.1) is 11.6 Å². The average molecular weight is 551 g/mol. The lowest BCUT2D eigenvalue weighted by molar-refractivity contribution is -0.118. The molecule has 1 N–H and O–H groups in total. The second-order valence-corrected chi connectivity index (χ2v) is 10.6. The third-order valence-electron chi connectivity index (χ3n) is 6.99. The van der Waals surface area contributed by atoms with Crippen LogP contribution in [0.3, 0.4) is 0 Å². The van der Waals surface area contributed by atoms with Crippen LogP contribution in [0.5, 0.6) is 5.75 Å². The molecule has 1 unspecified atom stereocenters. The molecular formula is C31H39ClN4O3. The monoisotopic (exact) mass is 550 g/mol. The van der Waals surface area contributed by atoms with Crippen molar-refractivity contribution in [2.75, 3.05) is 44.2 Å². The first-order valence-electron chi connectivity index (χ1n) is 13.6. The van der Waals surface area contributed by atoms with Crippen molar-refractivity contribution in [3.8, 4) is 11.4 Å². The Morgan fingerprint density at radius 3 is 2.54 bits per heavy atom. The normalized spacial score (nSPS) is 14.9. The van der Waals surface area contributed by atoms with Crippen molar-refractivity contribution in [1.82, 2.24) is 14.9 Å². The van der Waals surface area contributed by atoms with E-state index in [9.17, 15) is 4.79 Å². The molecule has 1 aromatic heterocycles. The molecule has 7 nitrogen and oxygen atoms in total. The number of aromatic nitrogens is 2. The number of halogens is 1. The van der Waals surface area contributed by atoms with Gasteiger partial charge in [0.1, 0.15) is 5.75 Å². The standard InChI is InChI=1S/C31H39ClN4O3/c1-22(2)30(25-8-10-27(11-9-25)35-14-16-39-17-15-35)34-31(37)26(6-5-13-32)18-24-7-12-28(29(19-24)38-4)36-20-23(3)33-21-36/h7-12,18-22,30H,5-6,13-17H2,1-4H3,(H,34,37)/b26-18+. The molecule has 0 bridgehead atoms. The number of hydrogen-bond donors (Lipinski definition) is 1. The number of aryl methyl sites for hydroxylation is 1. The summed E-state index contributed by atoms with van der Waals surface area (Å²) >= 11 is 6.02. The highest BCUT2D eigenvalue weighted by molar-refractivity contribution is 6.17. The predicted molar refractivity (Wildman–Crippen MR) is 158 cm³/mol. The van der Waals surface area contributed by atoms with Gasteiger partial charge < -0.3 is 24.3 Å². The summed E-state index contributed by atoms with van der Waals surface area (Å²) < 4.78 is 13.1. The predicted octanol–water partition coefficient (Wildman–Crippen LogP) is 5.94. The molecule has 1 saturated heterocycles. The van der Waals surface area contributed by atoms with E-state index in [0.717, 1.165) is 48.8 Å². The fourth-order valence-corrected chi connectivity index (χ4v) is 4.98. The summed E-state index contributed by atoms with van der Waals surface area (Å²) in [4.78, 5) is 20.3. The maximum atomic E-state index is 13.6. The zero-order valence-electron chi connectivity index (χ0n) is 23.3. The lowest BCUT2D eigenvalue weighted by Crippen LogP contribution is -2.36. The van der Waals surface area contributed by atoms with E-state index >= 15 is 0 Å². The Morgan fingerprint density at radius 2 is 1.92 bits per heavy atom. The maximum absolute atomic E-state index is 13.6. The first-order chi connectivity index (χ1) is 18.9. The molecule has 208 valence electrons. The molecule has 1 aliphatic rings. The molecule has 1 amide bonds. The summed E-state index contributed by atoms with van der Waals surface area (Å²) in [6.45, 7) is 9.50. The van der Waals surface area contributed by atoms with Gasteiger partial charge in [0.25, 0.3) is 0 Å². The van der Waals surface area contributed by atoms with Crippen molar-refractivity contribution in [1.29, 1.82) is 0 Å². The Morgan fingerprint density at radius 1 is 1.18 bits per heavy atom. The molecule has 0 spiro atoms. The molecule has 1 aliphatic heterocycles. The van der Waals surface area contributed by atoms with Gasteiger partial charge in [0, 0.05) is 36.4 Å². The molecule has 39 heavy (non-hydrogen) atoms. The van der Waals surface area contributed by atoms with Gasteiger partial charge in [0.05, 0.1) is 44.1 Å². The van der Waals surface area contributed by atoms with E-state index < -0.39 is 0 Å². The van der Waals surface area contributed by atoms with E-state index in [0.29, 0.717) is 30.0 Å². The van der Waals surface area contributed by atoms with Crippen molar-refractivity contribution < 1.29 is 14.3 Å². The molecule has 8 heteroatoms. The molecule has 0 radical (unpaired) electrons. The highest BCUT2D eigenvalue weighted by Crippen LogP contribution is 2.28. The Kier molecular flexibility index (Phi) is 10.1. The second kappa shape index (κ2) is 13.7. The van der Waals surface area contributed by atoms with Gasteiger partial charge in [0.15, 0.2) is 0 Å². The fourth-order valence-electron chi connectivity index (χ4n) is 4.84. The summed E-state index contributed by atoms with van der Waals surface area (Å²) in [5, 5.41) is 3.30. The van der Waals surface area contributed by atoms with Crippen LogP contribution in [0.15, 0.2) is 60.6 Å². The Balaban J connectivity index is 1.55. The van der Waals surface area contributed by atoms with E-state index in [1.54, 1.807) is 13.4 Å². The number of methoxy groups -OCH3 is 1.